The van der Waals surface area contributed by atoms with Gasteiger partial charge in [-0.05, 0) is 38.3 Å². The predicted octanol–water partition coefficient (Wildman–Crippen LogP) is 2.20. The van der Waals surface area contributed by atoms with Crippen LogP contribution in [0.1, 0.15) is 49.0 Å². The van der Waals surface area contributed by atoms with E-state index in [1.807, 2.05) is 6.07 Å². The highest BCUT2D eigenvalue weighted by Gasteiger charge is 2.45. The van der Waals surface area contributed by atoms with Gasteiger partial charge in [0.15, 0.2) is 11.8 Å². The summed E-state index contributed by atoms with van der Waals surface area (Å²) in [5, 5.41) is 21.1. The summed E-state index contributed by atoms with van der Waals surface area (Å²) in [7, 11) is 0. The first-order valence-electron chi connectivity index (χ1n) is 10.3. The number of unbranched alkanes of at least 4 members (excludes halogenated alkanes) is 1. The Balaban J connectivity index is 1.10. The first-order valence-corrected chi connectivity index (χ1v) is 10.3. The molecule has 5 rings (SSSR count). The molecule has 28 heavy (non-hydrogen) atoms. The molecule has 2 aromatic rings. The molecule has 0 spiro atoms. The van der Waals surface area contributed by atoms with Crippen LogP contribution in [-0.4, -0.2) is 62.4 Å². The summed E-state index contributed by atoms with van der Waals surface area (Å²) in [5.74, 6) is 1.22. The van der Waals surface area contributed by atoms with Crippen LogP contribution in [0.5, 0.6) is 11.8 Å². The van der Waals surface area contributed by atoms with Crippen LogP contribution in [0.15, 0.2) is 18.5 Å². The standard InChI is InChI=1S/C20H27N5O3/c26-18-16-14-4-5-15(28-14)17(16)19(27)25(18)9-2-1-8-23-10-12-24(13-11-23)20-21-6-3-7-22-20/h3,6-7,14-15,26-27H,1-2,4-5,8-13H2. The number of rotatable bonds is 6. The minimum Gasteiger partial charge on any atom is -0.494 e. The van der Waals surface area contributed by atoms with Crippen LogP contribution in [0, 0.1) is 0 Å². The number of aromatic nitrogens is 3. The SMILES string of the molecule is Oc1c2c(c(O)n1CCCCN1CCN(c3ncccn3)CC1)C1CCC2O1. The van der Waals surface area contributed by atoms with Gasteiger partial charge in [-0.15, -0.1) is 0 Å². The van der Waals surface area contributed by atoms with Crippen LogP contribution in [0.3, 0.4) is 0 Å². The van der Waals surface area contributed by atoms with Gasteiger partial charge in [0.1, 0.15) is 0 Å². The Morgan fingerprint density at radius 3 is 2.14 bits per heavy atom. The molecule has 8 nitrogen and oxygen atoms in total. The van der Waals surface area contributed by atoms with Gasteiger partial charge < -0.3 is 19.8 Å². The fraction of sp³-hybridized carbons (Fsp3) is 0.600. The Hall–Kier alpha value is -2.32. The molecule has 150 valence electrons. The van der Waals surface area contributed by atoms with Crippen molar-refractivity contribution in [2.24, 2.45) is 0 Å². The Kier molecular flexibility index (Phi) is 4.60. The topological polar surface area (TPSA) is 86.9 Å². The lowest BCUT2D eigenvalue weighted by Crippen LogP contribution is -2.47. The van der Waals surface area contributed by atoms with Crippen LogP contribution in [-0.2, 0) is 11.3 Å². The number of nitrogens with zero attached hydrogens (tertiary/aromatic N) is 5. The van der Waals surface area contributed by atoms with Gasteiger partial charge >= 0.3 is 0 Å². The average Bonchev–Trinajstić information content (AvgIpc) is 3.41. The number of piperazine rings is 1. The lowest BCUT2D eigenvalue weighted by Gasteiger charge is -2.34. The van der Waals surface area contributed by atoms with Crippen LogP contribution in [0.25, 0.3) is 0 Å². The van der Waals surface area contributed by atoms with Crippen molar-refractivity contribution in [3.63, 3.8) is 0 Å². The third-order valence-corrected chi connectivity index (χ3v) is 6.26. The zero-order valence-corrected chi connectivity index (χ0v) is 16.0. The van der Waals surface area contributed by atoms with Crippen molar-refractivity contribution >= 4 is 5.95 Å². The molecule has 3 aliphatic heterocycles. The third-order valence-electron chi connectivity index (χ3n) is 6.26. The van der Waals surface area contributed by atoms with E-state index in [1.165, 1.54) is 0 Å². The molecule has 0 aliphatic carbocycles. The molecule has 0 aromatic carbocycles. The molecule has 2 bridgehead atoms. The molecule has 2 atom stereocenters. The molecule has 2 N–H and O–H groups in total. The van der Waals surface area contributed by atoms with Crippen molar-refractivity contribution in [2.75, 3.05) is 37.6 Å². The van der Waals surface area contributed by atoms with E-state index in [-0.39, 0.29) is 24.0 Å². The van der Waals surface area contributed by atoms with Crippen LogP contribution < -0.4 is 4.90 Å². The molecule has 5 heterocycles. The third kappa shape index (κ3) is 3.00. The Morgan fingerprint density at radius 1 is 0.893 bits per heavy atom. The molecule has 2 fully saturated rings. The van der Waals surface area contributed by atoms with Crippen molar-refractivity contribution in [1.82, 2.24) is 19.4 Å². The van der Waals surface area contributed by atoms with Gasteiger partial charge in [-0.25, -0.2) is 9.97 Å². The quantitative estimate of drug-likeness (QED) is 0.737. The number of anilines is 1. The largest absolute Gasteiger partial charge is 0.494 e. The minimum atomic E-state index is -0.0305. The van der Waals surface area contributed by atoms with Gasteiger partial charge in [0.25, 0.3) is 0 Å². The van der Waals surface area contributed by atoms with Gasteiger partial charge in [-0.3, -0.25) is 9.47 Å². The van der Waals surface area contributed by atoms with E-state index in [1.54, 1.807) is 17.0 Å². The summed E-state index contributed by atoms with van der Waals surface area (Å²) in [6.45, 7) is 5.57. The molecular formula is C20H27N5O3. The molecule has 0 radical (unpaired) electrons. The summed E-state index contributed by atoms with van der Waals surface area (Å²) >= 11 is 0. The maximum atomic E-state index is 10.5. The van der Waals surface area contributed by atoms with Gasteiger partial charge in [0.05, 0.1) is 23.3 Å². The maximum Gasteiger partial charge on any atom is 0.225 e. The highest BCUT2D eigenvalue weighted by molar-refractivity contribution is 5.51. The van der Waals surface area contributed by atoms with Gasteiger partial charge in [0, 0.05) is 45.1 Å². The average molecular weight is 385 g/mol. The van der Waals surface area contributed by atoms with Crippen molar-refractivity contribution in [1.29, 1.82) is 0 Å². The van der Waals surface area contributed by atoms with E-state index in [0.29, 0.717) is 6.54 Å². The number of hydrogen-bond donors (Lipinski definition) is 2. The molecule has 3 aliphatic rings. The molecular weight excluding hydrogens is 358 g/mol. The van der Waals surface area contributed by atoms with E-state index in [4.69, 9.17) is 4.74 Å². The van der Waals surface area contributed by atoms with E-state index in [2.05, 4.69) is 19.8 Å². The highest BCUT2D eigenvalue weighted by Crippen LogP contribution is 2.57. The molecule has 0 saturated carbocycles. The van der Waals surface area contributed by atoms with Crippen LogP contribution >= 0.6 is 0 Å². The summed E-state index contributed by atoms with van der Waals surface area (Å²) in [6.07, 6.45) is 7.35. The smallest absolute Gasteiger partial charge is 0.225 e. The Labute approximate surface area is 164 Å². The molecule has 2 aromatic heterocycles. The highest BCUT2D eigenvalue weighted by atomic mass is 16.5. The Bertz CT molecular complexity index is 799. The molecule has 8 heteroatoms. The van der Waals surface area contributed by atoms with Crippen molar-refractivity contribution < 1.29 is 14.9 Å². The van der Waals surface area contributed by atoms with Crippen molar-refractivity contribution in [2.45, 2.75) is 44.4 Å². The summed E-state index contributed by atoms with van der Waals surface area (Å²) in [5.41, 5.74) is 1.65. The summed E-state index contributed by atoms with van der Waals surface area (Å²) < 4.78 is 7.46. The van der Waals surface area contributed by atoms with Crippen molar-refractivity contribution in [3.8, 4) is 11.8 Å². The molecule has 0 amide bonds. The molecule has 2 unspecified atom stereocenters. The monoisotopic (exact) mass is 385 g/mol. The first-order chi connectivity index (χ1) is 13.7. The molecule has 2 saturated heterocycles. The zero-order valence-electron chi connectivity index (χ0n) is 16.0. The fourth-order valence-corrected chi connectivity index (χ4v) is 4.77. The minimum absolute atomic E-state index is 0.0305. The van der Waals surface area contributed by atoms with E-state index in [9.17, 15) is 10.2 Å². The van der Waals surface area contributed by atoms with E-state index < -0.39 is 0 Å². The second-order valence-corrected chi connectivity index (χ2v) is 7.90. The lowest BCUT2D eigenvalue weighted by molar-refractivity contribution is 0.0677. The number of hydrogen-bond acceptors (Lipinski definition) is 7. The van der Waals surface area contributed by atoms with Crippen LogP contribution in [0.4, 0.5) is 5.95 Å². The number of fused-ring (bicyclic) bond motifs is 5. The van der Waals surface area contributed by atoms with Gasteiger partial charge in [-0.1, -0.05) is 0 Å². The first kappa shape index (κ1) is 17.8. The zero-order chi connectivity index (χ0) is 19.1. The summed E-state index contributed by atoms with van der Waals surface area (Å²) in [6, 6.07) is 1.84. The number of ether oxygens (including phenoxy) is 1. The number of aromatic hydroxyl groups is 2. The normalized spacial score (nSPS) is 24.1. The summed E-state index contributed by atoms with van der Waals surface area (Å²) in [4.78, 5) is 13.3. The second kappa shape index (κ2) is 7.25. The Morgan fingerprint density at radius 2 is 1.50 bits per heavy atom. The van der Waals surface area contributed by atoms with Crippen LogP contribution in [0.2, 0.25) is 0 Å². The van der Waals surface area contributed by atoms with E-state index in [0.717, 1.165) is 75.5 Å². The van der Waals surface area contributed by atoms with Gasteiger partial charge in [0.2, 0.25) is 5.95 Å². The van der Waals surface area contributed by atoms with Crippen molar-refractivity contribution in [3.05, 3.63) is 29.6 Å². The lowest BCUT2D eigenvalue weighted by atomic mass is 9.95. The second-order valence-electron chi connectivity index (χ2n) is 7.90. The predicted molar refractivity (Wildman–Crippen MR) is 103 cm³/mol. The van der Waals surface area contributed by atoms with Gasteiger partial charge in [-0.2, -0.15) is 0 Å². The maximum absolute atomic E-state index is 10.5. The van der Waals surface area contributed by atoms with E-state index >= 15 is 0 Å². The fourth-order valence-electron chi connectivity index (χ4n) is 4.77.